The van der Waals surface area contributed by atoms with Crippen molar-refractivity contribution >= 4 is 16.8 Å². The number of rotatable bonds is 2. The van der Waals surface area contributed by atoms with Gasteiger partial charge in [0, 0.05) is 0 Å². The molecule has 1 aliphatic carbocycles. The Morgan fingerprint density at radius 2 is 1.74 bits per heavy atom. The average Bonchev–Trinajstić information content (AvgIpc) is 2.79. The second-order valence-electron chi connectivity index (χ2n) is 6.11. The minimum absolute atomic E-state index is 0.390. The SMILES string of the molecule is CC(C)[C]1([Hf]([CH3])[CH3])C=Cc2ccc3ccccc3c21. The van der Waals surface area contributed by atoms with E-state index in [9.17, 15) is 0 Å². The molecule has 97 valence electrons. The first-order valence-electron chi connectivity index (χ1n) is 7.09. The molecule has 0 heterocycles. The van der Waals surface area contributed by atoms with Gasteiger partial charge in [-0.05, 0) is 0 Å². The number of benzene rings is 2. The number of hydrogen-bond acceptors (Lipinski definition) is 0. The van der Waals surface area contributed by atoms with Gasteiger partial charge in [0.15, 0.2) is 0 Å². The summed E-state index contributed by atoms with van der Waals surface area (Å²) in [7, 11) is 0. The Hall–Kier alpha value is -0.690. The van der Waals surface area contributed by atoms with Gasteiger partial charge in [0.05, 0.1) is 0 Å². The summed E-state index contributed by atoms with van der Waals surface area (Å²) < 4.78 is 5.51. The van der Waals surface area contributed by atoms with E-state index in [1.165, 1.54) is 16.3 Å². The van der Waals surface area contributed by atoms with Crippen LogP contribution in [0.3, 0.4) is 0 Å². The normalized spacial score (nSPS) is 21.1. The molecule has 2 aromatic carbocycles. The van der Waals surface area contributed by atoms with Gasteiger partial charge in [0.1, 0.15) is 0 Å². The van der Waals surface area contributed by atoms with E-state index in [4.69, 9.17) is 0 Å². The molecule has 0 bridgehead atoms. The molecular weight excluding hydrogens is 395 g/mol. The van der Waals surface area contributed by atoms with Gasteiger partial charge >= 0.3 is 124 Å². The summed E-state index contributed by atoms with van der Waals surface area (Å²) in [5.41, 5.74) is 3.09. The van der Waals surface area contributed by atoms with E-state index in [1.807, 2.05) is 0 Å². The Bertz CT molecular complexity index is 642. The molecule has 0 saturated carbocycles. The second kappa shape index (κ2) is 4.70. The van der Waals surface area contributed by atoms with Crippen LogP contribution >= 0.6 is 0 Å². The van der Waals surface area contributed by atoms with Gasteiger partial charge in [0.2, 0.25) is 0 Å². The van der Waals surface area contributed by atoms with Gasteiger partial charge in [0.25, 0.3) is 0 Å². The Morgan fingerprint density at radius 3 is 2.42 bits per heavy atom. The predicted octanol–water partition coefficient (Wildman–Crippen LogP) is 5.43. The minimum atomic E-state index is -1.62. The van der Waals surface area contributed by atoms with Crippen molar-refractivity contribution < 1.29 is 21.4 Å². The fourth-order valence-corrected chi connectivity index (χ4v) is 12.1. The van der Waals surface area contributed by atoms with Gasteiger partial charge in [-0.1, -0.05) is 0 Å². The predicted molar refractivity (Wildman–Crippen MR) is 81.2 cm³/mol. The third kappa shape index (κ3) is 1.81. The monoisotopic (exact) mass is 417 g/mol. The van der Waals surface area contributed by atoms with Gasteiger partial charge in [-0.25, -0.2) is 0 Å². The molecule has 2 aromatic rings. The van der Waals surface area contributed by atoms with Crippen molar-refractivity contribution in [3.05, 3.63) is 53.6 Å². The first-order valence-corrected chi connectivity index (χ1v) is 16.1. The Balaban J connectivity index is 2.39. The Morgan fingerprint density at radius 1 is 1.00 bits per heavy atom. The van der Waals surface area contributed by atoms with Crippen molar-refractivity contribution in [1.82, 2.24) is 0 Å². The van der Waals surface area contributed by atoms with Gasteiger partial charge in [-0.15, -0.1) is 0 Å². The summed E-state index contributed by atoms with van der Waals surface area (Å²) in [5.74, 6) is 0.702. The fourth-order valence-electron chi connectivity index (χ4n) is 3.67. The van der Waals surface area contributed by atoms with Crippen LogP contribution < -0.4 is 0 Å². The molecule has 0 aliphatic heterocycles. The molecule has 3 rings (SSSR count). The first kappa shape index (κ1) is 13.3. The maximum absolute atomic E-state index is 2.56. The van der Waals surface area contributed by atoms with Crippen LogP contribution in [0.5, 0.6) is 0 Å². The van der Waals surface area contributed by atoms with E-state index in [2.05, 4.69) is 71.8 Å². The summed E-state index contributed by atoms with van der Waals surface area (Å²) in [6.45, 7) is 4.80. The molecule has 1 heteroatoms. The van der Waals surface area contributed by atoms with Crippen molar-refractivity contribution in [3.8, 4) is 0 Å². The molecular formula is C18H21Hf. The van der Waals surface area contributed by atoms with Crippen molar-refractivity contribution in [3.63, 3.8) is 0 Å². The number of fused-ring (bicyclic) bond motifs is 3. The van der Waals surface area contributed by atoms with Crippen LogP contribution in [-0.4, -0.2) is 0 Å². The van der Waals surface area contributed by atoms with Crippen molar-refractivity contribution in [2.24, 2.45) is 5.92 Å². The summed E-state index contributed by atoms with van der Waals surface area (Å²) in [6.07, 6.45) is 4.91. The van der Waals surface area contributed by atoms with Gasteiger partial charge < -0.3 is 0 Å². The zero-order valence-corrected chi connectivity index (χ0v) is 15.8. The zero-order chi connectivity index (χ0) is 13.6. The van der Waals surface area contributed by atoms with Gasteiger partial charge in [-0.3, -0.25) is 0 Å². The standard InChI is InChI=1S/C16H15.2CH3.Hf/c1-11(2)14-10-9-13-8-7-12-5-3-4-6-15(12)16(13)14;;;/h3-11H,1-2H3;2*1H3;. The van der Waals surface area contributed by atoms with Crippen LogP contribution in [0, 0.1) is 5.92 Å². The third-order valence-corrected chi connectivity index (χ3v) is 14.2. The molecule has 19 heavy (non-hydrogen) atoms. The third-order valence-electron chi connectivity index (χ3n) is 4.64. The number of hydrogen-bond donors (Lipinski definition) is 0. The molecule has 1 atom stereocenters. The topological polar surface area (TPSA) is 0 Å². The van der Waals surface area contributed by atoms with E-state index in [0.717, 1.165) is 0 Å². The molecule has 0 spiro atoms. The van der Waals surface area contributed by atoms with Crippen LogP contribution in [0.25, 0.3) is 16.8 Å². The van der Waals surface area contributed by atoms with E-state index >= 15 is 0 Å². The molecule has 0 radical (unpaired) electrons. The summed E-state index contributed by atoms with van der Waals surface area (Å²) in [6, 6.07) is 13.5. The summed E-state index contributed by atoms with van der Waals surface area (Å²) in [4.78, 5) is 0. The Kier molecular flexibility index (Phi) is 3.29. The summed E-state index contributed by atoms with van der Waals surface area (Å²) in [5, 5.41) is 2.87. The molecule has 0 aromatic heterocycles. The fraction of sp³-hybridized carbons (Fsp3) is 0.333. The first-order chi connectivity index (χ1) is 9.07. The zero-order valence-electron chi connectivity index (χ0n) is 12.2. The van der Waals surface area contributed by atoms with Crippen LogP contribution in [0.2, 0.25) is 9.36 Å². The molecule has 0 saturated heterocycles. The average molecular weight is 416 g/mol. The van der Waals surface area contributed by atoms with E-state index in [1.54, 1.807) is 5.56 Å². The summed E-state index contributed by atoms with van der Waals surface area (Å²) >= 11 is -1.62. The van der Waals surface area contributed by atoms with Crippen LogP contribution in [-0.2, 0) is 24.6 Å². The molecule has 0 amide bonds. The molecule has 0 nitrogen and oxygen atoms in total. The second-order valence-corrected chi connectivity index (χ2v) is 16.3. The molecule has 0 N–H and O–H groups in total. The van der Waals surface area contributed by atoms with Gasteiger partial charge in [-0.2, -0.15) is 0 Å². The van der Waals surface area contributed by atoms with Crippen LogP contribution in [0.15, 0.2) is 42.5 Å². The molecule has 1 aliphatic rings. The van der Waals surface area contributed by atoms with Crippen molar-refractivity contribution in [2.75, 3.05) is 0 Å². The van der Waals surface area contributed by atoms with E-state index < -0.39 is 21.4 Å². The Labute approximate surface area is 124 Å². The quantitative estimate of drug-likeness (QED) is 0.573. The van der Waals surface area contributed by atoms with E-state index in [-0.39, 0.29) is 0 Å². The van der Waals surface area contributed by atoms with Crippen LogP contribution in [0.1, 0.15) is 25.0 Å². The van der Waals surface area contributed by atoms with E-state index in [0.29, 0.717) is 9.09 Å². The molecule has 0 fully saturated rings. The number of allylic oxidation sites excluding steroid dienone is 1. The molecule has 1 unspecified atom stereocenters. The maximum atomic E-state index is 2.56. The van der Waals surface area contributed by atoms with Crippen molar-refractivity contribution in [1.29, 1.82) is 0 Å². The van der Waals surface area contributed by atoms with Crippen molar-refractivity contribution in [2.45, 2.75) is 26.4 Å². The van der Waals surface area contributed by atoms with Crippen LogP contribution in [0.4, 0.5) is 0 Å².